The van der Waals surface area contributed by atoms with Crippen molar-refractivity contribution in [1.29, 1.82) is 0 Å². The molecule has 8 nitrogen and oxygen atoms in total. The van der Waals surface area contributed by atoms with Crippen LogP contribution in [0.25, 0.3) is 0 Å². The van der Waals surface area contributed by atoms with Crippen molar-refractivity contribution >= 4 is 11.9 Å². The number of likely N-dealkylation sites (tertiary alicyclic amines) is 1. The van der Waals surface area contributed by atoms with Gasteiger partial charge in [0.15, 0.2) is 0 Å². The molecule has 2 aliphatic heterocycles. The quantitative estimate of drug-likeness (QED) is 0.828. The summed E-state index contributed by atoms with van der Waals surface area (Å²) in [5.74, 6) is 0.338. The third kappa shape index (κ3) is 4.17. The Balaban J connectivity index is 1.54. The van der Waals surface area contributed by atoms with Crippen LogP contribution < -0.4 is 5.32 Å². The molecule has 0 radical (unpaired) electrons. The van der Waals surface area contributed by atoms with E-state index in [2.05, 4.69) is 10.4 Å². The van der Waals surface area contributed by atoms with Crippen molar-refractivity contribution < 1.29 is 14.7 Å². The highest BCUT2D eigenvalue weighted by atomic mass is 16.3. The molecule has 2 N–H and O–H groups in total. The average Bonchev–Trinajstić information content (AvgIpc) is 3.07. The Morgan fingerprint density at radius 2 is 2.12 bits per heavy atom. The number of amides is 3. The van der Waals surface area contributed by atoms with E-state index in [0.717, 1.165) is 30.8 Å². The number of urea groups is 1. The minimum atomic E-state index is -0.106. The van der Waals surface area contributed by atoms with Gasteiger partial charge in [0.25, 0.3) is 0 Å². The van der Waals surface area contributed by atoms with Gasteiger partial charge in [-0.3, -0.25) is 9.48 Å². The lowest BCUT2D eigenvalue weighted by Gasteiger charge is -2.31. The molecule has 26 heavy (non-hydrogen) atoms. The second kappa shape index (κ2) is 8.07. The molecule has 8 heteroatoms. The van der Waals surface area contributed by atoms with E-state index >= 15 is 0 Å². The van der Waals surface area contributed by atoms with Gasteiger partial charge in [-0.1, -0.05) is 13.8 Å². The van der Waals surface area contributed by atoms with Crippen LogP contribution in [0.3, 0.4) is 0 Å². The molecule has 0 spiro atoms. The summed E-state index contributed by atoms with van der Waals surface area (Å²) in [6.07, 6.45) is 1.90. The second-order valence-electron chi connectivity index (χ2n) is 7.56. The van der Waals surface area contributed by atoms with Crippen LogP contribution in [0.1, 0.15) is 38.1 Å². The number of aliphatic hydroxyl groups excluding tert-OH is 1. The highest BCUT2D eigenvalue weighted by Crippen LogP contribution is 2.17. The van der Waals surface area contributed by atoms with Crippen molar-refractivity contribution in [2.75, 3.05) is 26.2 Å². The van der Waals surface area contributed by atoms with Crippen LogP contribution in [0, 0.1) is 11.8 Å². The van der Waals surface area contributed by atoms with Gasteiger partial charge >= 0.3 is 6.03 Å². The largest absolute Gasteiger partial charge is 0.396 e. The Hall–Kier alpha value is -2.09. The van der Waals surface area contributed by atoms with Crippen molar-refractivity contribution in [3.63, 3.8) is 0 Å². The molecule has 1 fully saturated rings. The number of rotatable bonds is 4. The molecule has 0 saturated carbocycles. The average molecular weight is 363 g/mol. The van der Waals surface area contributed by atoms with Crippen molar-refractivity contribution in [3.8, 4) is 0 Å². The fraction of sp³-hybridized carbons (Fsp3) is 0.722. The van der Waals surface area contributed by atoms with Crippen molar-refractivity contribution in [2.45, 2.75) is 46.3 Å². The Morgan fingerprint density at radius 1 is 1.31 bits per heavy atom. The lowest BCUT2D eigenvalue weighted by atomic mass is 9.99. The first kappa shape index (κ1) is 18.7. The molecule has 1 saturated heterocycles. The first-order valence-electron chi connectivity index (χ1n) is 9.46. The molecule has 1 unspecified atom stereocenters. The Labute approximate surface area is 154 Å². The SMILES string of the molecule is CC(C)C(=O)N1CCn2nc(CNC(=O)N3CCCC(CO)C3)cc2C1. The molecule has 1 atom stereocenters. The summed E-state index contributed by atoms with van der Waals surface area (Å²) >= 11 is 0. The molecule has 2 aliphatic rings. The van der Waals surface area contributed by atoms with Gasteiger partial charge in [0.2, 0.25) is 5.91 Å². The fourth-order valence-corrected chi connectivity index (χ4v) is 3.64. The van der Waals surface area contributed by atoms with Crippen LogP contribution in [0.4, 0.5) is 4.79 Å². The van der Waals surface area contributed by atoms with Gasteiger partial charge in [-0.05, 0) is 24.8 Å². The number of carbonyl (C=O) groups is 2. The molecular weight excluding hydrogens is 334 g/mol. The van der Waals surface area contributed by atoms with Gasteiger partial charge in [0, 0.05) is 32.2 Å². The molecule has 3 amide bonds. The van der Waals surface area contributed by atoms with Crippen LogP contribution in [-0.4, -0.2) is 62.9 Å². The van der Waals surface area contributed by atoms with E-state index in [-0.39, 0.29) is 30.4 Å². The molecule has 1 aromatic heterocycles. The summed E-state index contributed by atoms with van der Waals surface area (Å²) in [5.41, 5.74) is 1.82. The number of hydrogen-bond acceptors (Lipinski definition) is 4. The second-order valence-corrected chi connectivity index (χ2v) is 7.56. The van der Waals surface area contributed by atoms with Crippen LogP contribution in [0.2, 0.25) is 0 Å². The Morgan fingerprint density at radius 3 is 2.85 bits per heavy atom. The van der Waals surface area contributed by atoms with Gasteiger partial charge < -0.3 is 20.2 Å². The highest BCUT2D eigenvalue weighted by Gasteiger charge is 2.25. The topological polar surface area (TPSA) is 90.7 Å². The lowest BCUT2D eigenvalue weighted by molar-refractivity contribution is -0.136. The number of aliphatic hydroxyl groups is 1. The van der Waals surface area contributed by atoms with Gasteiger partial charge in [0.1, 0.15) is 0 Å². The fourth-order valence-electron chi connectivity index (χ4n) is 3.64. The predicted molar refractivity (Wildman–Crippen MR) is 96.1 cm³/mol. The summed E-state index contributed by atoms with van der Waals surface area (Å²) < 4.78 is 1.92. The van der Waals surface area contributed by atoms with Gasteiger partial charge in [-0.15, -0.1) is 0 Å². The maximum absolute atomic E-state index is 12.3. The standard InChI is InChI=1S/C18H29N5O3/c1-13(2)17(25)21-6-7-23-16(11-21)8-15(20-23)9-19-18(26)22-5-3-4-14(10-22)12-24/h8,13-14,24H,3-7,9-12H2,1-2H3,(H,19,26). The van der Waals surface area contributed by atoms with E-state index in [4.69, 9.17) is 0 Å². The number of fused-ring (bicyclic) bond motifs is 1. The molecular formula is C18H29N5O3. The number of carbonyl (C=O) groups excluding carboxylic acids is 2. The first-order valence-corrected chi connectivity index (χ1v) is 9.46. The van der Waals surface area contributed by atoms with Gasteiger partial charge in [-0.25, -0.2) is 4.79 Å². The van der Waals surface area contributed by atoms with Crippen molar-refractivity contribution in [1.82, 2.24) is 24.9 Å². The first-order chi connectivity index (χ1) is 12.5. The normalized spacial score (nSPS) is 20.2. The molecule has 0 bridgehead atoms. The summed E-state index contributed by atoms with van der Waals surface area (Å²) in [6, 6.07) is 1.86. The van der Waals surface area contributed by atoms with Crippen LogP contribution in [0.15, 0.2) is 6.07 Å². The monoisotopic (exact) mass is 363 g/mol. The van der Waals surface area contributed by atoms with Crippen molar-refractivity contribution in [3.05, 3.63) is 17.5 Å². The van der Waals surface area contributed by atoms with E-state index in [1.165, 1.54) is 0 Å². The van der Waals surface area contributed by atoms with E-state index < -0.39 is 0 Å². The zero-order valence-corrected chi connectivity index (χ0v) is 15.6. The predicted octanol–water partition coefficient (Wildman–Crippen LogP) is 0.795. The molecule has 1 aromatic rings. The highest BCUT2D eigenvalue weighted by molar-refractivity contribution is 5.78. The molecule has 0 aromatic carbocycles. The summed E-state index contributed by atoms with van der Waals surface area (Å²) in [7, 11) is 0. The summed E-state index contributed by atoms with van der Waals surface area (Å²) in [5, 5.41) is 16.8. The molecule has 0 aliphatic carbocycles. The number of piperidine rings is 1. The van der Waals surface area contributed by atoms with Crippen LogP contribution in [-0.2, 0) is 24.4 Å². The lowest BCUT2D eigenvalue weighted by Crippen LogP contribution is -2.46. The molecule has 3 rings (SSSR count). The minimum Gasteiger partial charge on any atom is -0.396 e. The smallest absolute Gasteiger partial charge is 0.317 e. The molecule has 144 valence electrons. The summed E-state index contributed by atoms with van der Waals surface area (Å²) in [6.45, 7) is 7.60. The summed E-state index contributed by atoms with van der Waals surface area (Å²) in [4.78, 5) is 28.1. The van der Waals surface area contributed by atoms with Gasteiger partial charge in [-0.2, -0.15) is 5.10 Å². The van der Waals surface area contributed by atoms with Crippen LogP contribution in [0.5, 0.6) is 0 Å². The van der Waals surface area contributed by atoms with Crippen molar-refractivity contribution in [2.24, 2.45) is 11.8 Å². The maximum Gasteiger partial charge on any atom is 0.317 e. The molecule has 3 heterocycles. The number of hydrogen-bond donors (Lipinski definition) is 2. The van der Waals surface area contributed by atoms with E-state index in [1.807, 2.05) is 29.5 Å². The van der Waals surface area contributed by atoms with Crippen LogP contribution >= 0.6 is 0 Å². The number of aromatic nitrogens is 2. The number of nitrogens with one attached hydrogen (secondary N) is 1. The third-order valence-electron chi connectivity index (χ3n) is 5.14. The van der Waals surface area contributed by atoms with Gasteiger partial charge in [0.05, 0.1) is 31.0 Å². The van der Waals surface area contributed by atoms with E-state index in [1.54, 1.807) is 4.90 Å². The van der Waals surface area contributed by atoms with E-state index in [0.29, 0.717) is 32.7 Å². The maximum atomic E-state index is 12.3. The van der Waals surface area contributed by atoms with E-state index in [9.17, 15) is 14.7 Å². The number of nitrogens with zero attached hydrogens (tertiary/aromatic N) is 4. The Kier molecular flexibility index (Phi) is 5.80. The zero-order valence-electron chi connectivity index (χ0n) is 15.6. The zero-order chi connectivity index (χ0) is 18.7. The Bertz CT molecular complexity index is 657. The minimum absolute atomic E-state index is 0.00415. The third-order valence-corrected chi connectivity index (χ3v) is 5.14.